The molecule has 0 unspecified atom stereocenters. The SMILES string of the molecule is ClCCO[Si](Cl)(Cl)[Si](Cl)(Cl)Cl. The fraction of sp³-hybridized carbons (Fsp3) is 1.00. The molecule has 0 aromatic heterocycles. The van der Waals surface area contributed by atoms with E-state index in [0.717, 1.165) is 0 Å². The number of hydrogen-bond acceptors (Lipinski definition) is 1. The summed E-state index contributed by atoms with van der Waals surface area (Å²) in [6, 6.07) is 0. The molecule has 0 N–H and O–H groups in total. The Morgan fingerprint density at radius 3 is 1.73 bits per heavy atom. The van der Waals surface area contributed by atoms with Gasteiger partial charge in [0, 0.05) is 12.5 Å². The Bertz CT molecular complexity index is 122. The van der Waals surface area contributed by atoms with Gasteiger partial charge in [0.05, 0.1) is 0 Å². The second kappa shape index (κ2) is 5.12. The van der Waals surface area contributed by atoms with Crippen molar-refractivity contribution in [2.24, 2.45) is 0 Å². The van der Waals surface area contributed by atoms with Crippen molar-refractivity contribution >= 4 is 79.0 Å². The number of hydrogen-bond donors (Lipinski definition) is 0. The van der Waals surface area contributed by atoms with Gasteiger partial charge in [-0.25, -0.2) is 0 Å². The minimum Gasteiger partial charge on any atom is -0.391 e. The van der Waals surface area contributed by atoms with Crippen molar-refractivity contribution in [1.82, 2.24) is 0 Å². The maximum absolute atomic E-state index is 5.68. The van der Waals surface area contributed by atoms with Gasteiger partial charge in [0.1, 0.15) is 0 Å². The lowest BCUT2D eigenvalue weighted by Crippen LogP contribution is -2.46. The standard InChI is InChI=1S/C2H4Cl6OSi2/c3-1-2-9-11(7,8)10(4,5)6/h1-2H2. The first-order chi connectivity index (χ1) is 4.81. The molecule has 0 atom stereocenters. The van der Waals surface area contributed by atoms with Gasteiger partial charge in [-0.15, -0.1) is 67.0 Å². The average Bonchev–Trinajstić information content (AvgIpc) is 1.81. The van der Waals surface area contributed by atoms with E-state index in [4.69, 9.17) is 71.4 Å². The molecule has 1 nitrogen and oxygen atoms in total. The molecule has 0 aromatic carbocycles. The van der Waals surface area contributed by atoms with Gasteiger partial charge in [-0.2, -0.15) is 0 Å². The summed E-state index contributed by atoms with van der Waals surface area (Å²) in [6.07, 6.45) is 0. The van der Waals surface area contributed by atoms with Crippen molar-refractivity contribution < 1.29 is 4.43 Å². The van der Waals surface area contributed by atoms with Gasteiger partial charge in [0.2, 0.25) is 0 Å². The van der Waals surface area contributed by atoms with Crippen molar-refractivity contribution in [1.29, 1.82) is 0 Å². The largest absolute Gasteiger partial charge is 0.422 e. The van der Waals surface area contributed by atoms with Crippen LogP contribution in [0.4, 0.5) is 0 Å². The zero-order chi connectivity index (χ0) is 9.12. The van der Waals surface area contributed by atoms with E-state index < -0.39 is 12.0 Å². The van der Waals surface area contributed by atoms with E-state index in [-0.39, 0.29) is 12.5 Å². The van der Waals surface area contributed by atoms with Crippen LogP contribution in [0.25, 0.3) is 0 Å². The maximum atomic E-state index is 5.68. The molecule has 0 fully saturated rings. The number of rotatable bonds is 4. The van der Waals surface area contributed by atoms with E-state index in [9.17, 15) is 0 Å². The summed E-state index contributed by atoms with van der Waals surface area (Å²) < 4.78 is 4.95. The summed E-state index contributed by atoms with van der Waals surface area (Å²) in [6.45, 7) is -2.92. The van der Waals surface area contributed by atoms with Crippen LogP contribution < -0.4 is 0 Å². The van der Waals surface area contributed by atoms with Gasteiger partial charge >= 0.3 is 12.0 Å². The third-order valence-corrected chi connectivity index (χ3v) is 22.7. The Kier molecular flexibility index (Phi) is 6.12. The number of halogens is 6. The molecule has 0 heterocycles. The van der Waals surface area contributed by atoms with E-state index in [1.165, 1.54) is 0 Å². The third-order valence-electron chi connectivity index (χ3n) is 0.691. The monoisotopic (exact) mass is 310 g/mol. The van der Waals surface area contributed by atoms with Crippen LogP contribution in [0.5, 0.6) is 0 Å². The molecule has 9 heteroatoms. The van der Waals surface area contributed by atoms with Gasteiger partial charge in [-0.1, -0.05) is 0 Å². The Morgan fingerprint density at radius 2 is 1.45 bits per heavy atom. The number of alkyl halides is 1. The highest BCUT2D eigenvalue weighted by atomic mass is 35.9. The van der Waals surface area contributed by atoms with Crippen molar-refractivity contribution in [2.45, 2.75) is 0 Å². The molecule has 0 amide bonds. The lowest BCUT2D eigenvalue weighted by molar-refractivity contribution is 0.362. The molecule has 0 saturated heterocycles. The summed E-state index contributed by atoms with van der Waals surface area (Å²) >= 11 is 33.4. The van der Waals surface area contributed by atoms with E-state index >= 15 is 0 Å². The van der Waals surface area contributed by atoms with Crippen LogP contribution in [0.2, 0.25) is 0 Å². The second-order valence-electron chi connectivity index (χ2n) is 1.55. The molecular formula is C2H4Cl6OSi2. The molecule has 0 spiro atoms. The van der Waals surface area contributed by atoms with Crippen LogP contribution in [0.1, 0.15) is 0 Å². The maximum Gasteiger partial charge on any atom is 0.422 e. The molecule has 0 aliphatic carbocycles. The first-order valence-corrected chi connectivity index (χ1v) is 13.0. The fourth-order valence-electron chi connectivity index (χ4n) is 0.249. The summed E-state index contributed by atoms with van der Waals surface area (Å²) in [7, 11) is 0. The summed E-state index contributed by atoms with van der Waals surface area (Å²) in [5.74, 6) is 0.281. The zero-order valence-electron chi connectivity index (χ0n) is 5.09. The molecule has 0 saturated carbocycles. The first-order valence-electron chi connectivity index (χ1n) is 2.45. The van der Waals surface area contributed by atoms with Gasteiger partial charge in [0.25, 0.3) is 0 Å². The highest BCUT2D eigenvalue weighted by Gasteiger charge is 2.55. The molecule has 0 aromatic rings. The lowest BCUT2D eigenvalue weighted by Gasteiger charge is -2.21. The van der Waals surface area contributed by atoms with Gasteiger partial charge < -0.3 is 4.43 Å². The Morgan fingerprint density at radius 1 is 1.00 bits per heavy atom. The predicted octanol–water partition coefficient (Wildman–Crippen LogP) is 3.39. The highest BCUT2D eigenvalue weighted by Crippen LogP contribution is 2.37. The molecule has 0 bridgehead atoms. The first kappa shape index (κ1) is 13.1. The molecule has 0 aliphatic heterocycles. The van der Waals surface area contributed by atoms with Crippen LogP contribution in [0, 0.1) is 0 Å². The second-order valence-corrected chi connectivity index (χ2v) is 24.0. The Hall–Kier alpha value is 2.13. The quantitative estimate of drug-likeness (QED) is 0.439. The van der Waals surface area contributed by atoms with Crippen LogP contribution in [0.15, 0.2) is 0 Å². The summed E-state index contributed by atoms with van der Waals surface area (Å²) in [5, 5.41) is 0. The van der Waals surface area contributed by atoms with Crippen LogP contribution in [-0.4, -0.2) is 24.5 Å². The third kappa shape index (κ3) is 4.79. The summed E-state index contributed by atoms with van der Waals surface area (Å²) in [5.41, 5.74) is -3.12. The van der Waals surface area contributed by atoms with E-state index in [1.807, 2.05) is 0 Å². The van der Waals surface area contributed by atoms with E-state index in [1.54, 1.807) is 0 Å². The molecule has 11 heavy (non-hydrogen) atoms. The lowest BCUT2D eigenvalue weighted by atomic mass is 10.9. The molecular weight excluding hydrogens is 309 g/mol. The molecule has 68 valence electrons. The smallest absolute Gasteiger partial charge is 0.391 e. The predicted molar refractivity (Wildman–Crippen MR) is 57.4 cm³/mol. The molecule has 0 radical (unpaired) electrons. The fourth-order valence-corrected chi connectivity index (χ4v) is 3.71. The van der Waals surface area contributed by atoms with E-state index in [2.05, 4.69) is 0 Å². The van der Waals surface area contributed by atoms with Gasteiger partial charge in [0.15, 0.2) is 0 Å². The minimum absolute atomic E-state index is 0.210. The van der Waals surface area contributed by atoms with Crippen molar-refractivity contribution in [3.8, 4) is 0 Å². The Balaban J connectivity index is 4.00. The zero-order valence-corrected chi connectivity index (χ0v) is 11.6. The van der Waals surface area contributed by atoms with Crippen LogP contribution in [-0.2, 0) is 4.43 Å². The van der Waals surface area contributed by atoms with Crippen LogP contribution >= 0.6 is 67.0 Å². The minimum atomic E-state index is -3.13. The van der Waals surface area contributed by atoms with Crippen molar-refractivity contribution in [2.75, 3.05) is 12.5 Å². The van der Waals surface area contributed by atoms with E-state index in [0.29, 0.717) is 0 Å². The summed E-state index contributed by atoms with van der Waals surface area (Å²) in [4.78, 5) is 0. The van der Waals surface area contributed by atoms with Crippen molar-refractivity contribution in [3.63, 3.8) is 0 Å². The normalized spacial score (nSPS) is 13.6. The van der Waals surface area contributed by atoms with Crippen LogP contribution in [0.3, 0.4) is 0 Å². The highest BCUT2D eigenvalue weighted by molar-refractivity contribution is 8.01. The van der Waals surface area contributed by atoms with Gasteiger partial charge in [-0.05, 0) is 0 Å². The average molecular weight is 313 g/mol. The topological polar surface area (TPSA) is 9.23 Å². The molecule has 0 aliphatic rings. The molecule has 0 rings (SSSR count). The van der Waals surface area contributed by atoms with Crippen molar-refractivity contribution in [3.05, 3.63) is 0 Å². The van der Waals surface area contributed by atoms with Gasteiger partial charge in [-0.3, -0.25) is 0 Å². The Labute approximate surface area is 95.2 Å².